The highest BCUT2D eigenvalue weighted by molar-refractivity contribution is 6.02. The number of carbonyl (C=O) groups is 1. The van der Waals surface area contributed by atoms with Gasteiger partial charge in [-0.15, -0.1) is 0 Å². The van der Waals surface area contributed by atoms with Gasteiger partial charge in [0.2, 0.25) is 5.91 Å². The molecule has 0 saturated carbocycles. The molecule has 2 N–H and O–H groups in total. The number of hydrogen-bond donors (Lipinski definition) is 2. The zero-order chi connectivity index (χ0) is 32.3. The molecule has 47 heavy (non-hydrogen) atoms. The first-order valence-corrected chi connectivity index (χ1v) is 15.5. The van der Waals surface area contributed by atoms with E-state index in [2.05, 4.69) is 72.3 Å². The number of amides is 1. The summed E-state index contributed by atoms with van der Waals surface area (Å²) in [6.07, 6.45) is 9.14. The number of nitrogens with one attached hydrogen (secondary N) is 2. The summed E-state index contributed by atoms with van der Waals surface area (Å²) >= 11 is 0. The van der Waals surface area contributed by atoms with Gasteiger partial charge in [0, 0.05) is 68.8 Å². The Morgan fingerprint density at radius 3 is 2.74 bits per heavy atom. The molecule has 13 nitrogen and oxygen atoms in total. The number of benzene rings is 2. The van der Waals surface area contributed by atoms with Crippen LogP contribution in [0.25, 0.3) is 16.8 Å². The first-order valence-electron chi connectivity index (χ1n) is 15.5. The van der Waals surface area contributed by atoms with Crippen LogP contribution in [0.5, 0.6) is 5.75 Å². The number of ether oxygens (including phenoxy) is 1. The Morgan fingerprint density at radius 2 is 1.91 bits per heavy atom. The minimum absolute atomic E-state index is 0.0581. The maximum atomic E-state index is 12.4. The molecule has 2 saturated heterocycles. The predicted molar refractivity (Wildman–Crippen MR) is 181 cm³/mol. The van der Waals surface area contributed by atoms with Crippen LogP contribution in [0.2, 0.25) is 0 Å². The molecule has 240 valence electrons. The summed E-state index contributed by atoms with van der Waals surface area (Å²) in [6, 6.07) is 15.8. The van der Waals surface area contributed by atoms with E-state index >= 15 is 0 Å². The third kappa shape index (κ3) is 6.30. The zero-order valence-corrected chi connectivity index (χ0v) is 26.3. The number of fused-ring (bicyclic) bond motifs is 1. The lowest BCUT2D eigenvalue weighted by molar-refractivity contribution is -0.111. The van der Waals surface area contributed by atoms with E-state index in [1.54, 1.807) is 17.8 Å². The molecule has 1 amide bonds. The molecule has 5 aromatic rings. The first kappa shape index (κ1) is 30.1. The van der Waals surface area contributed by atoms with Crippen LogP contribution in [0.3, 0.4) is 0 Å². The summed E-state index contributed by atoms with van der Waals surface area (Å²) in [5.41, 5.74) is 6.08. The van der Waals surface area contributed by atoms with Crippen molar-refractivity contribution < 1.29 is 14.4 Å². The summed E-state index contributed by atoms with van der Waals surface area (Å²) in [6.45, 7) is 7.67. The van der Waals surface area contributed by atoms with E-state index in [0.717, 1.165) is 60.6 Å². The van der Waals surface area contributed by atoms with Crippen LogP contribution in [-0.2, 0) is 9.63 Å². The molecule has 0 bridgehead atoms. The molecular formula is C34H36N10O3. The monoisotopic (exact) mass is 632 g/mol. The van der Waals surface area contributed by atoms with Crippen LogP contribution in [0, 0.1) is 0 Å². The minimum atomic E-state index is -0.291. The van der Waals surface area contributed by atoms with Crippen LogP contribution < -0.4 is 25.3 Å². The smallest absolute Gasteiger partial charge is 0.247 e. The Balaban J connectivity index is 1.15. The zero-order valence-electron chi connectivity index (χ0n) is 26.3. The van der Waals surface area contributed by atoms with Crippen molar-refractivity contribution in [2.24, 2.45) is 0 Å². The van der Waals surface area contributed by atoms with Gasteiger partial charge in [-0.25, -0.2) is 24.5 Å². The van der Waals surface area contributed by atoms with Gasteiger partial charge < -0.3 is 25.2 Å². The van der Waals surface area contributed by atoms with Crippen LogP contribution in [0.4, 0.5) is 28.7 Å². The van der Waals surface area contributed by atoms with Crippen molar-refractivity contribution in [2.75, 3.05) is 67.5 Å². The van der Waals surface area contributed by atoms with Crippen LogP contribution in [0.15, 0.2) is 86.1 Å². The standard InChI is InChI=1S/C34H36N10O3/c1-4-34(45)40-26-17-27(30(46-3)18-29(26)42-13-11-41(2)12-14-42)39-31-19-33(37-22-36-31)44-28(9-15-47-44)24-7-5-6-23(16-24)25-20-35-32-8-10-38-43(32)21-25/h4-8,10,16-22,28H,1,9,11-15H2,2-3H3,(H,40,45)(H,36,37,39)/t28-/m1/s1. The van der Waals surface area contributed by atoms with Gasteiger partial charge in [-0.1, -0.05) is 24.8 Å². The quantitative estimate of drug-likeness (QED) is 0.220. The molecular weight excluding hydrogens is 596 g/mol. The van der Waals surface area contributed by atoms with Gasteiger partial charge >= 0.3 is 0 Å². The number of nitrogens with zero attached hydrogens (tertiary/aromatic N) is 8. The number of hydroxylamine groups is 1. The fraction of sp³-hybridized carbons (Fsp3) is 0.265. The number of likely N-dealkylation sites (N-methyl/N-ethyl adjacent to an activating group) is 1. The average molecular weight is 633 g/mol. The number of methoxy groups -OCH3 is 1. The third-order valence-corrected chi connectivity index (χ3v) is 8.50. The molecule has 2 aromatic carbocycles. The van der Waals surface area contributed by atoms with Crippen molar-refractivity contribution in [3.8, 4) is 16.9 Å². The highest BCUT2D eigenvalue weighted by Crippen LogP contribution is 2.40. The van der Waals surface area contributed by atoms with Gasteiger partial charge in [-0.05, 0) is 36.4 Å². The second kappa shape index (κ2) is 13.1. The Morgan fingerprint density at radius 1 is 1.04 bits per heavy atom. The van der Waals surface area contributed by atoms with Crippen LogP contribution >= 0.6 is 0 Å². The highest BCUT2D eigenvalue weighted by Gasteiger charge is 2.30. The fourth-order valence-electron chi connectivity index (χ4n) is 5.98. The van der Waals surface area contributed by atoms with E-state index in [1.807, 2.05) is 47.8 Å². The van der Waals surface area contributed by atoms with Gasteiger partial charge in [0.25, 0.3) is 0 Å². The molecule has 0 radical (unpaired) electrons. The summed E-state index contributed by atoms with van der Waals surface area (Å²) in [4.78, 5) is 36.6. The summed E-state index contributed by atoms with van der Waals surface area (Å²) < 4.78 is 7.58. The number of anilines is 5. The third-order valence-electron chi connectivity index (χ3n) is 8.50. The largest absolute Gasteiger partial charge is 0.494 e. The van der Waals surface area contributed by atoms with Gasteiger partial charge in [0.1, 0.15) is 17.9 Å². The van der Waals surface area contributed by atoms with Crippen molar-refractivity contribution in [1.82, 2.24) is 29.5 Å². The Kier molecular flexibility index (Phi) is 8.38. The SMILES string of the molecule is C=CC(=O)Nc1cc(Nc2cc(N3OCC[C@@H]3c3cccc(-c4cnc5ccnn5c4)c3)ncn2)c(OC)cc1N1CCN(C)CC1. The fourth-order valence-corrected chi connectivity index (χ4v) is 5.98. The maximum absolute atomic E-state index is 12.4. The topological polar surface area (TPSA) is 125 Å². The van der Waals surface area contributed by atoms with Gasteiger partial charge in [0.05, 0.1) is 43.0 Å². The molecule has 3 aromatic heterocycles. The number of carbonyl (C=O) groups excluding carboxylic acids is 1. The maximum Gasteiger partial charge on any atom is 0.247 e. The lowest BCUT2D eigenvalue weighted by Gasteiger charge is -2.35. The highest BCUT2D eigenvalue weighted by atomic mass is 16.7. The molecule has 13 heteroatoms. The summed E-state index contributed by atoms with van der Waals surface area (Å²) in [5, 5.41) is 12.5. The van der Waals surface area contributed by atoms with Crippen molar-refractivity contribution in [3.63, 3.8) is 0 Å². The Bertz CT molecular complexity index is 1920. The van der Waals surface area contributed by atoms with Gasteiger partial charge in [-0.3, -0.25) is 9.63 Å². The molecule has 2 aliphatic heterocycles. The number of aromatic nitrogens is 5. The summed E-state index contributed by atoms with van der Waals surface area (Å²) in [5.74, 6) is 1.48. The summed E-state index contributed by atoms with van der Waals surface area (Å²) in [7, 11) is 3.73. The second-order valence-corrected chi connectivity index (χ2v) is 11.5. The lowest BCUT2D eigenvalue weighted by atomic mass is 9.99. The van der Waals surface area contributed by atoms with E-state index in [0.29, 0.717) is 35.4 Å². The number of rotatable bonds is 9. The van der Waals surface area contributed by atoms with E-state index in [4.69, 9.17) is 9.57 Å². The average Bonchev–Trinajstić information content (AvgIpc) is 3.79. The van der Waals surface area contributed by atoms with Crippen LogP contribution in [-0.4, -0.2) is 82.3 Å². The van der Waals surface area contributed by atoms with Crippen molar-refractivity contribution in [1.29, 1.82) is 0 Å². The minimum Gasteiger partial charge on any atom is -0.494 e. The normalized spacial score (nSPS) is 16.8. The van der Waals surface area contributed by atoms with Crippen molar-refractivity contribution in [2.45, 2.75) is 12.5 Å². The molecule has 7 rings (SSSR count). The van der Waals surface area contributed by atoms with Crippen molar-refractivity contribution in [3.05, 3.63) is 91.7 Å². The van der Waals surface area contributed by atoms with E-state index < -0.39 is 0 Å². The molecule has 2 aliphatic rings. The molecule has 0 spiro atoms. The molecule has 1 atom stereocenters. The second-order valence-electron chi connectivity index (χ2n) is 11.5. The number of hydrogen-bond acceptors (Lipinski definition) is 11. The Hall–Kier alpha value is -5.53. The lowest BCUT2D eigenvalue weighted by Crippen LogP contribution is -2.44. The molecule has 5 heterocycles. The molecule has 0 unspecified atom stereocenters. The van der Waals surface area contributed by atoms with Crippen molar-refractivity contribution >= 4 is 40.3 Å². The van der Waals surface area contributed by atoms with E-state index in [-0.39, 0.29) is 11.9 Å². The predicted octanol–water partition coefficient (Wildman–Crippen LogP) is 4.70. The van der Waals surface area contributed by atoms with Gasteiger partial charge in [0.15, 0.2) is 11.5 Å². The number of piperazine rings is 1. The van der Waals surface area contributed by atoms with Crippen LogP contribution in [0.1, 0.15) is 18.0 Å². The van der Waals surface area contributed by atoms with E-state index in [1.165, 1.54) is 12.4 Å². The van der Waals surface area contributed by atoms with Gasteiger partial charge in [-0.2, -0.15) is 5.10 Å². The van der Waals surface area contributed by atoms with E-state index in [9.17, 15) is 4.79 Å². The molecule has 2 fully saturated rings. The Labute approximate surface area is 272 Å². The first-order chi connectivity index (χ1) is 23.0. The molecule has 0 aliphatic carbocycles.